The summed E-state index contributed by atoms with van der Waals surface area (Å²) in [4.78, 5) is 28.0. The van der Waals surface area contributed by atoms with Crippen LogP contribution in [0.25, 0.3) is 6.08 Å². The van der Waals surface area contributed by atoms with Crippen LogP contribution >= 0.6 is 39.5 Å². The zero-order valence-electron chi connectivity index (χ0n) is 13.0. The lowest BCUT2D eigenvalue weighted by molar-refractivity contribution is -0.151. The minimum atomic E-state index is -0.510. The molecule has 0 fully saturated rings. The average Bonchev–Trinajstić information content (AvgIpc) is 2.75. The van der Waals surface area contributed by atoms with E-state index in [0.29, 0.717) is 10.1 Å². The highest BCUT2D eigenvalue weighted by Crippen LogP contribution is 2.31. The number of carbonyl (C=O) groups is 2. The van der Waals surface area contributed by atoms with Gasteiger partial charge in [-0.2, -0.15) is 0 Å². The number of nitrogens with zero attached hydrogens (tertiary/aromatic N) is 1. The molecule has 1 aliphatic heterocycles. The van der Waals surface area contributed by atoms with Gasteiger partial charge >= 0.3 is 5.97 Å². The number of halogens is 1. The lowest BCUT2D eigenvalue weighted by Gasteiger charge is -2.19. The number of thioether (sulfide) groups is 2. The molecule has 0 saturated heterocycles. The Morgan fingerprint density at radius 2 is 2.17 bits per heavy atom. The zero-order chi connectivity index (χ0) is 17.0. The van der Waals surface area contributed by atoms with Crippen molar-refractivity contribution in [1.29, 1.82) is 0 Å². The molecule has 0 atom stereocenters. The van der Waals surface area contributed by atoms with Crippen LogP contribution < -0.4 is 0 Å². The van der Waals surface area contributed by atoms with Crippen molar-refractivity contribution in [3.63, 3.8) is 0 Å². The van der Waals surface area contributed by atoms with Crippen molar-refractivity contribution in [2.45, 2.75) is 26.4 Å². The number of carbonyl (C=O) groups excluding carboxylic acids is 2. The molecule has 0 bridgehead atoms. The Morgan fingerprint density at radius 1 is 1.43 bits per heavy atom. The van der Waals surface area contributed by atoms with E-state index < -0.39 is 5.60 Å². The summed E-state index contributed by atoms with van der Waals surface area (Å²) in [5.41, 5.74) is 0.773. The van der Waals surface area contributed by atoms with E-state index in [1.165, 1.54) is 11.8 Å². The van der Waals surface area contributed by atoms with Crippen LogP contribution in [0.2, 0.25) is 0 Å². The minimum absolute atomic E-state index is 0.114. The fraction of sp³-hybridized carbons (Fsp3) is 0.312. The smallest absolute Gasteiger partial charge is 0.316 e. The number of hydrogen-bond donors (Lipinski definition) is 0. The number of ether oxygens (including phenoxy) is 1. The third-order valence-corrected chi connectivity index (χ3v) is 4.96. The van der Waals surface area contributed by atoms with E-state index >= 15 is 0 Å². The van der Waals surface area contributed by atoms with Gasteiger partial charge in [-0.25, -0.2) is 4.99 Å². The first-order valence-corrected chi connectivity index (χ1v) is 9.45. The standard InChI is InChI=1S/C16H16BrNO3S2/c1-16(2,3)21-13(19)9-22-15-18-12(14(20)23-15)8-10-5-4-6-11(17)7-10/h4-8H,9H2,1-3H3. The second-order valence-corrected chi connectivity index (χ2v) is 8.83. The predicted octanol–water partition coefficient (Wildman–Crippen LogP) is 4.49. The fourth-order valence-electron chi connectivity index (χ4n) is 1.70. The molecule has 0 N–H and O–H groups in total. The van der Waals surface area contributed by atoms with Crippen molar-refractivity contribution >= 4 is 61.0 Å². The highest BCUT2D eigenvalue weighted by Gasteiger charge is 2.24. The summed E-state index contributed by atoms with van der Waals surface area (Å²) in [6, 6.07) is 7.62. The van der Waals surface area contributed by atoms with Crippen molar-refractivity contribution in [3.05, 3.63) is 40.0 Å². The Hall–Kier alpha value is -1.05. The quantitative estimate of drug-likeness (QED) is 0.539. The van der Waals surface area contributed by atoms with Crippen molar-refractivity contribution in [2.24, 2.45) is 4.99 Å². The maximum atomic E-state index is 12.0. The van der Waals surface area contributed by atoms with E-state index in [-0.39, 0.29) is 16.8 Å². The maximum Gasteiger partial charge on any atom is 0.316 e. The normalized spacial score (nSPS) is 16.6. The Bertz CT molecular complexity index is 693. The third-order valence-electron chi connectivity index (χ3n) is 2.49. The molecule has 0 radical (unpaired) electrons. The van der Waals surface area contributed by atoms with E-state index in [2.05, 4.69) is 20.9 Å². The second kappa shape index (κ2) is 7.68. The van der Waals surface area contributed by atoms with Crippen molar-refractivity contribution in [2.75, 3.05) is 5.75 Å². The van der Waals surface area contributed by atoms with Gasteiger partial charge in [0.25, 0.3) is 0 Å². The molecule has 0 aliphatic carbocycles. The van der Waals surface area contributed by atoms with Gasteiger partial charge in [0.1, 0.15) is 15.7 Å². The molecule has 0 amide bonds. The summed E-state index contributed by atoms with van der Waals surface area (Å²) >= 11 is 5.66. The van der Waals surface area contributed by atoms with Gasteiger partial charge in [-0.1, -0.05) is 39.8 Å². The number of hydrogen-bond acceptors (Lipinski definition) is 6. The van der Waals surface area contributed by atoms with Crippen LogP contribution in [0, 0.1) is 0 Å². The Morgan fingerprint density at radius 3 is 2.83 bits per heavy atom. The molecule has 122 valence electrons. The van der Waals surface area contributed by atoms with Crippen LogP contribution in [0.1, 0.15) is 26.3 Å². The van der Waals surface area contributed by atoms with E-state index in [0.717, 1.165) is 21.8 Å². The molecule has 2 rings (SSSR count). The molecule has 1 heterocycles. The largest absolute Gasteiger partial charge is 0.459 e. The lowest BCUT2D eigenvalue weighted by atomic mass is 10.2. The van der Waals surface area contributed by atoms with E-state index in [1.54, 1.807) is 6.08 Å². The molecule has 0 spiro atoms. The zero-order valence-corrected chi connectivity index (χ0v) is 16.2. The number of benzene rings is 1. The Labute approximate surface area is 152 Å². The molecule has 1 aromatic carbocycles. The van der Waals surface area contributed by atoms with Crippen molar-refractivity contribution in [3.8, 4) is 0 Å². The molecule has 1 aliphatic rings. The van der Waals surface area contributed by atoms with E-state index in [1.807, 2.05) is 45.0 Å². The molecule has 1 aromatic rings. The summed E-state index contributed by atoms with van der Waals surface area (Å²) in [6.45, 7) is 5.46. The molecular formula is C16H16BrNO3S2. The monoisotopic (exact) mass is 413 g/mol. The van der Waals surface area contributed by atoms with Gasteiger partial charge in [0, 0.05) is 4.47 Å². The van der Waals surface area contributed by atoms with Crippen LogP contribution in [-0.4, -0.2) is 26.8 Å². The Balaban J connectivity index is 2.00. The molecule has 0 unspecified atom stereocenters. The predicted molar refractivity (Wildman–Crippen MR) is 100 cm³/mol. The molecule has 23 heavy (non-hydrogen) atoms. The third kappa shape index (κ3) is 6.16. The Kier molecular flexibility index (Phi) is 6.11. The summed E-state index contributed by atoms with van der Waals surface area (Å²) in [7, 11) is 0. The number of rotatable bonds is 3. The minimum Gasteiger partial charge on any atom is -0.459 e. The molecular weight excluding hydrogens is 398 g/mol. The fourth-order valence-corrected chi connectivity index (χ4v) is 3.73. The van der Waals surface area contributed by atoms with Gasteiger partial charge in [0.15, 0.2) is 0 Å². The molecule has 0 aromatic heterocycles. The first kappa shape index (κ1) is 18.3. The highest BCUT2D eigenvalue weighted by atomic mass is 79.9. The van der Waals surface area contributed by atoms with Crippen LogP contribution in [-0.2, 0) is 14.3 Å². The highest BCUT2D eigenvalue weighted by molar-refractivity contribution is 9.10. The second-order valence-electron chi connectivity index (χ2n) is 5.73. The summed E-state index contributed by atoms with van der Waals surface area (Å²) < 4.78 is 6.74. The van der Waals surface area contributed by atoms with Gasteiger partial charge in [0.2, 0.25) is 5.12 Å². The summed E-state index contributed by atoms with van der Waals surface area (Å²) in [6.07, 6.45) is 1.74. The van der Waals surface area contributed by atoms with Gasteiger partial charge < -0.3 is 4.74 Å². The molecule has 7 heteroatoms. The lowest BCUT2D eigenvalue weighted by Crippen LogP contribution is -2.25. The van der Waals surface area contributed by atoms with Gasteiger partial charge in [-0.05, 0) is 56.3 Å². The van der Waals surface area contributed by atoms with E-state index in [4.69, 9.17) is 4.74 Å². The maximum absolute atomic E-state index is 12.0. The number of aliphatic imine (C=N–C) groups is 1. The van der Waals surface area contributed by atoms with Gasteiger partial charge in [0.05, 0.1) is 5.75 Å². The van der Waals surface area contributed by atoms with Crippen LogP contribution in [0.5, 0.6) is 0 Å². The van der Waals surface area contributed by atoms with Crippen LogP contribution in [0.4, 0.5) is 0 Å². The van der Waals surface area contributed by atoms with Gasteiger partial charge in [-0.15, -0.1) is 0 Å². The summed E-state index contributed by atoms with van der Waals surface area (Å²) in [5, 5.41) is -0.114. The number of esters is 1. The SMILES string of the molecule is CC(C)(C)OC(=O)CSC1=NC(=Cc2cccc(Br)c2)C(=O)S1. The van der Waals surface area contributed by atoms with E-state index in [9.17, 15) is 9.59 Å². The average molecular weight is 414 g/mol. The van der Waals surface area contributed by atoms with Crippen LogP contribution in [0.15, 0.2) is 39.4 Å². The van der Waals surface area contributed by atoms with Crippen LogP contribution in [0.3, 0.4) is 0 Å². The van der Waals surface area contributed by atoms with Crippen molar-refractivity contribution in [1.82, 2.24) is 0 Å². The molecule has 4 nitrogen and oxygen atoms in total. The van der Waals surface area contributed by atoms with Gasteiger partial charge in [-0.3, -0.25) is 9.59 Å². The molecule has 0 saturated carbocycles. The summed E-state index contributed by atoms with van der Waals surface area (Å²) in [5.74, 6) is -0.178. The first-order valence-electron chi connectivity index (χ1n) is 6.86. The topological polar surface area (TPSA) is 55.7 Å². The van der Waals surface area contributed by atoms with Crippen molar-refractivity contribution < 1.29 is 14.3 Å². The first-order chi connectivity index (χ1) is 10.7.